The van der Waals surface area contributed by atoms with E-state index < -0.39 is 7.14 Å². The highest BCUT2D eigenvalue weighted by atomic mass is 31.2. The molecule has 0 aliphatic heterocycles. The minimum absolute atomic E-state index is 0.0431. The molecule has 0 aliphatic carbocycles. The van der Waals surface area contributed by atoms with Gasteiger partial charge in [-0.3, -0.25) is 0 Å². The zero-order valence-corrected chi connectivity index (χ0v) is 16.4. The van der Waals surface area contributed by atoms with E-state index in [0.29, 0.717) is 11.7 Å². The first-order chi connectivity index (χ1) is 12.3. The van der Waals surface area contributed by atoms with Crippen molar-refractivity contribution < 1.29 is 9.67 Å². The summed E-state index contributed by atoms with van der Waals surface area (Å²) in [6.07, 6.45) is 0.303. The molecule has 0 saturated heterocycles. The predicted molar refractivity (Wildman–Crippen MR) is 110 cm³/mol. The quantitative estimate of drug-likeness (QED) is 0.646. The topological polar surface area (TPSA) is 37.3 Å². The second-order valence-corrected chi connectivity index (χ2v) is 10.5. The molecule has 3 aromatic rings. The molecule has 134 valence electrons. The van der Waals surface area contributed by atoms with Gasteiger partial charge in [0, 0.05) is 22.3 Å². The molecule has 0 amide bonds. The second kappa shape index (κ2) is 7.13. The van der Waals surface area contributed by atoms with Gasteiger partial charge in [-0.15, -0.1) is 0 Å². The minimum Gasteiger partial charge on any atom is -0.508 e. The molecule has 0 radical (unpaired) electrons. The fraction of sp³-hybridized carbons (Fsp3) is 0.217. The van der Waals surface area contributed by atoms with E-state index >= 15 is 0 Å². The highest BCUT2D eigenvalue weighted by molar-refractivity contribution is 7.78. The van der Waals surface area contributed by atoms with Gasteiger partial charge in [0.15, 0.2) is 0 Å². The van der Waals surface area contributed by atoms with Crippen LogP contribution in [0, 0.1) is 0 Å². The van der Waals surface area contributed by atoms with Gasteiger partial charge in [-0.1, -0.05) is 93.6 Å². The molecule has 3 aromatic carbocycles. The first-order valence-electron chi connectivity index (χ1n) is 8.83. The molecule has 0 spiro atoms. The number of rotatable bonds is 4. The van der Waals surface area contributed by atoms with Crippen LogP contribution in [0.15, 0.2) is 78.9 Å². The maximum Gasteiger partial charge on any atom is 0.147 e. The third kappa shape index (κ3) is 3.76. The lowest BCUT2D eigenvalue weighted by molar-refractivity contribution is 0.465. The Morgan fingerprint density at radius 1 is 0.808 bits per heavy atom. The summed E-state index contributed by atoms with van der Waals surface area (Å²) in [6, 6.07) is 24.9. The fourth-order valence-electron chi connectivity index (χ4n) is 3.07. The van der Waals surface area contributed by atoms with E-state index in [1.807, 2.05) is 72.8 Å². The molecule has 2 nitrogen and oxygen atoms in total. The van der Waals surface area contributed by atoms with Gasteiger partial charge >= 0.3 is 0 Å². The molecule has 3 heteroatoms. The first-order valence-corrected chi connectivity index (χ1v) is 10.7. The zero-order chi connectivity index (χ0) is 18.8. The molecular formula is C23H25O2P. The largest absolute Gasteiger partial charge is 0.508 e. The Balaban J connectivity index is 2.07. The van der Waals surface area contributed by atoms with E-state index in [4.69, 9.17) is 0 Å². The Kier molecular flexibility index (Phi) is 5.07. The van der Waals surface area contributed by atoms with Gasteiger partial charge in [-0.25, -0.2) is 0 Å². The average Bonchev–Trinajstić information content (AvgIpc) is 2.64. The van der Waals surface area contributed by atoms with Gasteiger partial charge in [0.1, 0.15) is 12.9 Å². The van der Waals surface area contributed by atoms with Crippen LogP contribution in [-0.4, -0.2) is 5.11 Å². The van der Waals surface area contributed by atoms with Crippen LogP contribution < -0.4 is 10.6 Å². The van der Waals surface area contributed by atoms with E-state index in [1.54, 1.807) is 6.07 Å². The highest BCUT2D eigenvalue weighted by Crippen LogP contribution is 2.48. The Labute approximate surface area is 155 Å². The monoisotopic (exact) mass is 364 g/mol. The van der Waals surface area contributed by atoms with E-state index in [9.17, 15) is 9.67 Å². The molecule has 0 heterocycles. The Hall–Kier alpha value is -2.31. The molecule has 0 bridgehead atoms. The number of aromatic hydroxyl groups is 1. The first kappa shape index (κ1) is 18.5. The molecule has 0 saturated carbocycles. The fourth-order valence-corrected chi connectivity index (χ4v) is 5.79. The summed E-state index contributed by atoms with van der Waals surface area (Å²) in [7, 11) is -2.89. The van der Waals surface area contributed by atoms with Gasteiger partial charge < -0.3 is 9.67 Å². The number of phenols is 1. The predicted octanol–water partition coefficient (Wildman–Crippen LogP) is 5.20. The molecule has 0 aliphatic rings. The SMILES string of the molecule is CC(C)(C)c1ccc(CP(=O)(c2ccccc2)c2ccccc2)c(O)c1. The van der Waals surface area contributed by atoms with Crippen LogP contribution in [0.5, 0.6) is 5.75 Å². The van der Waals surface area contributed by atoms with Crippen molar-refractivity contribution >= 4 is 17.8 Å². The van der Waals surface area contributed by atoms with Gasteiger partial charge in [-0.05, 0) is 17.0 Å². The van der Waals surface area contributed by atoms with Crippen molar-refractivity contribution in [2.24, 2.45) is 0 Å². The van der Waals surface area contributed by atoms with Crippen molar-refractivity contribution in [3.05, 3.63) is 90.0 Å². The second-order valence-electron chi connectivity index (χ2n) is 7.66. The van der Waals surface area contributed by atoms with E-state index in [-0.39, 0.29) is 11.2 Å². The van der Waals surface area contributed by atoms with Crippen molar-refractivity contribution in [2.45, 2.75) is 32.3 Å². The van der Waals surface area contributed by atoms with Crippen LogP contribution in [0.1, 0.15) is 31.9 Å². The average molecular weight is 364 g/mol. The van der Waals surface area contributed by atoms with Crippen LogP contribution in [0.25, 0.3) is 0 Å². The summed E-state index contributed by atoms with van der Waals surface area (Å²) in [4.78, 5) is 0. The Morgan fingerprint density at radius 3 is 1.73 bits per heavy atom. The summed E-state index contributed by atoms with van der Waals surface area (Å²) >= 11 is 0. The van der Waals surface area contributed by atoms with Gasteiger partial charge in [-0.2, -0.15) is 0 Å². The summed E-state index contributed by atoms with van der Waals surface area (Å²) in [5.41, 5.74) is 1.74. The standard InChI is InChI=1S/C23H25O2P/c1-23(2,3)19-15-14-18(22(24)16-19)17-26(25,20-10-6-4-7-11-20)21-12-8-5-9-13-21/h4-16,24H,17H2,1-3H3. The smallest absolute Gasteiger partial charge is 0.147 e. The van der Waals surface area contributed by atoms with Gasteiger partial charge in [0.05, 0.1) is 0 Å². The third-order valence-electron chi connectivity index (χ3n) is 4.69. The van der Waals surface area contributed by atoms with Crippen molar-refractivity contribution in [1.29, 1.82) is 0 Å². The van der Waals surface area contributed by atoms with Crippen molar-refractivity contribution in [3.63, 3.8) is 0 Å². The van der Waals surface area contributed by atoms with Crippen LogP contribution >= 0.6 is 7.14 Å². The number of hydrogen-bond acceptors (Lipinski definition) is 2. The van der Waals surface area contributed by atoms with Crippen LogP contribution in [-0.2, 0) is 16.1 Å². The molecule has 3 rings (SSSR count). The molecule has 0 fully saturated rings. The summed E-state index contributed by atoms with van der Waals surface area (Å²) in [6.45, 7) is 6.33. The highest BCUT2D eigenvalue weighted by Gasteiger charge is 2.29. The van der Waals surface area contributed by atoms with Crippen LogP contribution in [0.3, 0.4) is 0 Å². The summed E-state index contributed by atoms with van der Waals surface area (Å²) in [5, 5.41) is 12.2. The van der Waals surface area contributed by atoms with Crippen LogP contribution in [0.2, 0.25) is 0 Å². The van der Waals surface area contributed by atoms with Crippen molar-refractivity contribution in [1.82, 2.24) is 0 Å². The molecule has 0 unspecified atom stereocenters. The molecule has 1 N–H and O–H groups in total. The van der Waals surface area contributed by atoms with E-state index in [0.717, 1.165) is 16.2 Å². The normalized spacial score (nSPS) is 12.1. The Morgan fingerprint density at radius 2 is 1.31 bits per heavy atom. The zero-order valence-electron chi connectivity index (χ0n) is 15.5. The van der Waals surface area contributed by atoms with Gasteiger partial charge in [0.2, 0.25) is 0 Å². The van der Waals surface area contributed by atoms with Crippen molar-refractivity contribution in [2.75, 3.05) is 0 Å². The maximum absolute atomic E-state index is 14.1. The molecular weight excluding hydrogens is 339 g/mol. The molecule has 26 heavy (non-hydrogen) atoms. The summed E-state index contributed by atoms with van der Waals surface area (Å²) in [5.74, 6) is 0.213. The third-order valence-corrected chi connectivity index (χ3v) is 7.74. The lowest BCUT2D eigenvalue weighted by Gasteiger charge is -2.22. The minimum atomic E-state index is -2.89. The lowest BCUT2D eigenvalue weighted by atomic mass is 9.86. The maximum atomic E-state index is 14.1. The number of hydrogen-bond donors (Lipinski definition) is 1. The lowest BCUT2D eigenvalue weighted by Crippen LogP contribution is -2.17. The Bertz CT molecular complexity index is 882. The van der Waals surface area contributed by atoms with E-state index in [2.05, 4.69) is 20.8 Å². The van der Waals surface area contributed by atoms with Crippen molar-refractivity contribution in [3.8, 4) is 5.75 Å². The van der Waals surface area contributed by atoms with Gasteiger partial charge in [0.25, 0.3) is 0 Å². The molecule has 0 aromatic heterocycles. The molecule has 0 atom stereocenters. The number of benzene rings is 3. The number of phenolic OH excluding ortho intramolecular Hbond substituents is 1. The van der Waals surface area contributed by atoms with E-state index in [1.165, 1.54) is 0 Å². The summed E-state index contributed by atoms with van der Waals surface area (Å²) < 4.78 is 14.1. The van der Waals surface area contributed by atoms with Crippen LogP contribution in [0.4, 0.5) is 0 Å².